The van der Waals surface area contributed by atoms with Crippen LogP contribution in [0, 0.1) is 6.92 Å². The van der Waals surface area contributed by atoms with Crippen LogP contribution in [0.25, 0.3) is 0 Å². The van der Waals surface area contributed by atoms with Crippen molar-refractivity contribution in [2.24, 2.45) is 5.73 Å². The van der Waals surface area contributed by atoms with Crippen molar-refractivity contribution in [3.8, 4) is 0 Å². The van der Waals surface area contributed by atoms with E-state index >= 15 is 0 Å². The highest BCUT2D eigenvalue weighted by molar-refractivity contribution is 7.98. The molecular formula is C11H17NS. The smallest absolute Gasteiger partial charge is 0.0302 e. The predicted octanol–water partition coefficient (Wildman–Crippen LogP) is 2.75. The summed E-state index contributed by atoms with van der Waals surface area (Å²) in [6.45, 7) is 2.10. The molecule has 0 aliphatic heterocycles. The van der Waals surface area contributed by atoms with E-state index in [0.29, 0.717) is 0 Å². The highest BCUT2D eigenvalue weighted by Crippen LogP contribution is 2.16. The first-order valence-corrected chi connectivity index (χ1v) is 5.94. The lowest BCUT2D eigenvalue weighted by atomic mass is 10.0. The van der Waals surface area contributed by atoms with Crippen LogP contribution in [0.5, 0.6) is 0 Å². The van der Waals surface area contributed by atoms with Crippen LogP contribution in [0.2, 0.25) is 0 Å². The Morgan fingerprint density at radius 1 is 1.46 bits per heavy atom. The summed E-state index contributed by atoms with van der Waals surface area (Å²) in [6.07, 6.45) is 3.17. The molecular weight excluding hydrogens is 178 g/mol. The first kappa shape index (κ1) is 10.6. The largest absolute Gasteiger partial charge is 0.324 e. The average Bonchev–Trinajstić information content (AvgIpc) is 2.14. The first-order chi connectivity index (χ1) is 6.24. The number of rotatable bonds is 4. The molecule has 1 aromatic rings. The summed E-state index contributed by atoms with van der Waals surface area (Å²) in [4.78, 5) is 0. The van der Waals surface area contributed by atoms with Gasteiger partial charge in [0.25, 0.3) is 0 Å². The second-order valence-electron chi connectivity index (χ2n) is 3.30. The normalized spacial score (nSPS) is 12.8. The molecule has 0 aromatic heterocycles. The predicted molar refractivity (Wildman–Crippen MR) is 61.1 cm³/mol. The van der Waals surface area contributed by atoms with E-state index in [9.17, 15) is 0 Å². The second-order valence-corrected chi connectivity index (χ2v) is 4.29. The molecule has 0 amide bonds. The van der Waals surface area contributed by atoms with Crippen molar-refractivity contribution in [3.63, 3.8) is 0 Å². The van der Waals surface area contributed by atoms with Crippen molar-refractivity contribution < 1.29 is 0 Å². The summed E-state index contributed by atoms with van der Waals surface area (Å²) < 4.78 is 0. The van der Waals surface area contributed by atoms with Gasteiger partial charge in [-0.3, -0.25) is 0 Å². The van der Waals surface area contributed by atoms with Crippen molar-refractivity contribution in [2.75, 3.05) is 12.0 Å². The Morgan fingerprint density at radius 2 is 2.23 bits per heavy atom. The van der Waals surface area contributed by atoms with E-state index in [1.54, 1.807) is 0 Å². The Balaban J connectivity index is 2.60. The van der Waals surface area contributed by atoms with E-state index < -0.39 is 0 Å². The van der Waals surface area contributed by atoms with Crippen LogP contribution in [-0.4, -0.2) is 12.0 Å². The number of thioether (sulfide) groups is 1. The van der Waals surface area contributed by atoms with Crippen LogP contribution < -0.4 is 5.73 Å². The molecule has 13 heavy (non-hydrogen) atoms. The molecule has 0 aliphatic carbocycles. The summed E-state index contributed by atoms with van der Waals surface area (Å²) in [6, 6.07) is 8.66. The number of nitrogens with two attached hydrogens (primary N) is 1. The van der Waals surface area contributed by atoms with Gasteiger partial charge < -0.3 is 5.73 Å². The van der Waals surface area contributed by atoms with Gasteiger partial charge in [0.2, 0.25) is 0 Å². The highest BCUT2D eigenvalue weighted by atomic mass is 32.2. The molecule has 1 rings (SSSR count). The Labute approximate surface area is 84.7 Å². The molecule has 1 aromatic carbocycles. The Hall–Kier alpha value is -0.470. The van der Waals surface area contributed by atoms with Crippen molar-refractivity contribution in [1.82, 2.24) is 0 Å². The molecule has 0 aliphatic rings. The van der Waals surface area contributed by atoms with Gasteiger partial charge in [-0.05, 0) is 30.9 Å². The van der Waals surface area contributed by atoms with Crippen LogP contribution in [0.1, 0.15) is 23.6 Å². The summed E-state index contributed by atoms with van der Waals surface area (Å²) in [5.41, 5.74) is 8.58. The van der Waals surface area contributed by atoms with Gasteiger partial charge in [-0.2, -0.15) is 11.8 Å². The van der Waals surface area contributed by atoms with Crippen LogP contribution in [-0.2, 0) is 0 Å². The van der Waals surface area contributed by atoms with Gasteiger partial charge in [0.1, 0.15) is 0 Å². The minimum atomic E-state index is 0.201. The van der Waals surface area contributed by atoms with Gasteiger partial charge in [0.15, 0.2) is 0 Å². The van der Waals surface area contributed by atoms with Crippen molar-refractivity contribution in [2.45, 2.75) is 19.4 Å². The second kappa shape index (κ2) is 5.30. The third-order valence-corrected chi connectivity index (χ3v) is 2.75. The third kappa shape index (κ3) is 3.41. The molecule has 2 heteroatoms. The molecule has 0 radical (unpaired) electrons. The van der Waals surface area contributed by atoms with Gasteiger partial charge in [0, 0.05) is 6.04 Å². The van der Waals surface area contributed by atoms with E-state index in [4.69, 9.17) is 5.73 Å². The molecule has 1 nitrogen and oxygen atoms in total. The molecule has 0 spiro atoms. The summed E-state index contributed by atoms with van der Waals surface area (Å²) in [5, 5.41) is 0. The molecule has 0 saturated heterocycles. The van der Waals surface area contributed by atoms with Gasteiger partial charge in [-0.15, -0.1) is 0 Å². The van der Waals surface area contributed by atoms with Crippen LogP contribution in [0.15, 0.2) is 24.3 Å². The fourth-order valence-electron chi connectivity index (χ4n) is 1.31. The van der Waals surface area contributed by atoms with Crippen LogP contribution >= 0.6 is 11.8 Å². The molecule has 1 unspecified atom stereocenters. The SMILES string of the molecule is CSCCC(N)c1cccc(C)c1. The maximum Gasteiger partial charge on any atom is 0.0302 e. The maximum absolute atomic E-state index is 6.04. The molecule has 0 saturated carbocycles. The minimum Gasteiger partial charge on any atom is -0.324 e. The lowest BCUT2D eigenvalue weighted by Gasteiger charge is -2.11. The van der Waals surface area contributed by atoms with Crippen LogP contribution in [0.4, 0.5) is 0 Å². The third-order valence-electron chi connectivity index (χ3n) is 2.10. The van der Waals surface area contributed by atoms with Gasteiger partial charge in [0.05, 0.1) is 0 Å². The summed E-state index contributed by atoms with van der Waals surface area (Å²) in [5.74, 6) is 1.13. The minimum absolute atomic E-state index is 0.201. The van der Waals surface area contributed by atoms with Crippen molar-refractivity contribution in [3.05, 3.63) is 35.4 Å². The van der Waals surface area contributed by atoms with Gasteiger partial charge in [-0.25, -0.2) is 0 Å². The lowest BCUT2D eigenvalue weighted by Crippen LogP contribution is -2.11. The standard InChI is InChI=1S/C11H17NS/c1-9-4-3-5-10(8-9)11(12)6-7-13-2/h3-5,8,11H,6-7,12H2,1-2H3. The maximum atomic E-state index is 6.04. The fourth-order valence-corrected chi connectivity index (χ4v) is 1.80. The van der Waals surface area contributed by atoms with E-state index in [1.807, 2.05) is 11.8 Å². The molecule has 0 heterocycles. The number of aryl methyl sites for hydroxylation is 1. The van der Waals surface area contributed by atoms with E-state index in [2.05, 4.69) is 37.4 Å². The van der Waals surface area contributed by atoms with Gasteiger partial charge >= 0.3 is 0 Å². The zero-order valence-electron chi connectivity index (χ0n) is 8.29. The molecule has 0 bridgehead atoms. The lowest BCUT2D eigenvalue weighted by molar-refractivity contribution is 0.705. The highest BCUT2D eigenvalue weighted by Gasteiger charge is 2.04. The number of hydrogen-bond acceptors (Lipinski definition) is 2. The summed E-state index contributed by atoms with van der Waals surface area (Å²) >= 11 is 1.85. The zero-order valence-corrected chi connectivity index (χ0v) is 9.10. The molecule has 72 valence electrons. The number of hydrogen-bond donors (Lipinski definition) is 1. The average molecular weight is 195 g/mol. The molecule has 0 fully saturated rings. The molecule has 2 N–H and O–H groups in total. The quantitative estimate of drug-likeness (QED) is 0.799. The fraction of sp³-hybridized carbons (Fsp3) is 0.455. The molecule has 1 atom stereocenters. The van der Waals surface area contributed by atoms with Crippen molar-refractivity contribution in [1.29, 1.82) is 0 Å². The van der Waals surface area contributed by atoms with Gasteiger partial charge in [-0.1, -0.05) is 29.8 Å². The zero-order chi connectivity index (χ0) is 9.68. The van der Waals surface area contributed by atoms with E-state index in [-0.39, 0.29) is 6.04 Å². The van der Waals surface area contributed by atoms with E-state index in [1.165, 1.54) is 11.1 Å². The monoisotopic (exact) mass is 195 g/mol. The van der Waals surface area contributed by atoms with Crippen molar-refractivity contribution >= 4 is 11.8 Å². The number of benzene rings is 1. The summed E-state index contributed by atoms with van der Waals surface area (Å²) in [7, 11) is 0. The van der Waals surface area contributed by atoms with Crippen LogP contribution in [0.3, 0.4) is 0 Å². The first-order valence-electron chi connectivity index (χ1n) is 4.55. The Morgan fingerprint density at radius 3 is 2.85 bits per heavy atom. The van der Waals surface area contributed by atoms with E-state index in [0.717, 1.165) is 12.2 Å². The Bertz CT molecular complexity index is 260. The Kier molecular flexibility index (Phi) is 4.33. The topological polar surface area (TPSA) is 26.0 Å².